The number of hydrogen-bond donors (Lipinski definition) is 0. The second-order valence-electron chi connectivity index (χ2n) is 5.97. The Balaban J connectivity index is 1.67. The minimum absolute atomic E-state index is 0.0106. The first kappa shape index (κ1) is 16.0. The molecule has 120 valence electrons. The van der Waals surface area contributed by atoms with Gasteiger partial charge in [0.05, 0.1) is 6.61 Å². The summed E-state index contributed by atoms with van der Waals surface area (Å²) in [5.41, 5.74) is 3.23. The summed E-state index contributed by atoms with van der Waals surface area (Å²) in [6, 6.07) is 15.7. The Morgan fingerprint density at radius 1 is 1.26 bits per heavy atom. The fourth-order valence-corrected chi connectivity index (χ4v) is 3.10. The van der Waals surface area contributed by atoms with Gasteiger partial charge in [-0.1, -0.05) is 41.9 Å². The first-order valence-electron chi connectivity index (χ1n) is 7.83. The third-order valence-electron chi connectivity index (χ3n) is 4.21. The molecule has 0 unspecified atom stereocenters. The average Bonchev–Trinajstić information content (AvgIpc) is 2.89. The molecule has 0 N–H and O–H groups in total. The number of rotatable bonds is 4. The number of benzene rings is 2. The molecule has 1 heterocycles. The van der Waals surface area contributed by atoms with E-state index in [1.807, 2.05) is 54.3 Å². The van der Waals surface area contributed by atoms with Crippen molar-refractivity contribution in [1.29, 1.82) is 0 Å². The summed E-state index contributed by atoms with van der Waals surface area (Å²) in [6.07, 6.45) is 0.408. The first-order chi connectivity index (χ1) is 11.1. The van der Waals surface area contributed by atoms with Gasteiger partial charge in [0.25, 0.3) is 5.91 Å². The molecule has 0 saturated carbocycles. The lowest BCUT2D eigenvalue weighted by Gasteiger charge is -2.26. The second-order valence-corrected chi connectivity index (χ2v) is 6.41. The Bertz CT molecular complexity index is 699. The molecule has 0 aromatic heterocycles. The van der Waals surface area contributed by atoms with Crippen molar-refractivity contribution in [2.45, 2.75) is 39.0 Å². The molecule has 1 aliphatic rings. The lowest BCUT2D eigenvalue weighted by molar-refractivity contribution is -0.130. The summed E-state index contributed by atoms with van der Waals surface area (Å²) < 4.78 is 5.77. The van der Waals surface area contributed by atoms with Gasteiger partial charge in [-0.3, -0.25) is 4.79 Å². The Labute approximate surface area is 141 Å². The van der Waals surface area contributed by atoms with Crippen molar-refractivity contribution in [1.82, 2.24) is 0 Å². The van der Waals surface area contributed by atoms with Gasteiger partial charge in [0.2, 0.25) is 0 Å². The second kappa shape index (κ2) is 6.73. The van der Waals surface area contributed by atoms with Gasteiger partial charge in [0, 0.05) is 16.8 Å². The number of fused-ring (bicyclic) bond motifs is 1. The number of carbonyl (C=O) groups is 1. The van der Waals surface area contributed by atoms with Crippen LogP contribution in [0.1, 0.15) is 25.0 Å². The van der Waals surface area contributed by atoms with E-state index >= 15 is 0 Å². The highest BCUT2D eigenvalue weighted by atomic mass is 35.5. The maximum atomic E-state index is 12.8. The highest BCUT2D eigenvalue weighted by Crippen LogP contribution is 2.32. The van der Waals surface area contributed by atoms with E-state index in [4.69, 9.17) is 16.3 Å². The Kier molecular flexibility index (Phi) is 4.69. The van der Waals surface area contributed by atoms with Gasteiger partial charge in [-0.25, -0.2) is 0 Å². The number of para-hydroxylation sites is 1. The monoisotopic (exact) mass is 329 g/mol. The van der Waals surface area contributed by atoms with E-state index in [0.717, 1.165) is 17.7 Å². The Morgan fingerprint density at radius 3 is 2.70 bits per heavy atom. The molecule has 0 spiro atoms. The van der Waals surface area contributed by atoms with Gasteiger partial charge in [0.15, 0.2) is 0 Å². The summed E-state index contributed by atoms with van der Waals surface area (Å²) in [5.74, 6) is 0.0106. The zero-order valence-corrected chi connectivity index (χ0v) is 14.1. The summed E-state index contributed by atoms with van der Waals surface area (Å²) in [6.45, 7) is 4.28. The maximum absolute atomic E-state index is 12.8. The number of halogens is 1. The zero-order valence-electron chi connectivity index (χ0n) is 13.3. The lowest BCUT2D eigenvalue weighted by Crippen LogP contribution is -2.42. The Morgan fingerprint density at radius 2 is 1.96 bits per heavy atom. The van der Waals surface area contributed by atoms with Gasteiger partial charge >= 0.3 is 0 Å². The molecule has 2 aromatic rings. The zero-order chi connectivity index (χ0) is 16.4. The van der Waals surface area contributed by atoms with Crippen molar-refractivity contribution in [3.8, 4) is 0 Å². The van der Waals surface area contributed by atoms with Crippen LogP contribution in [0.25, 0.3) is 0 Å². The van der Waals surface area contributed by atoms with Crippen LogP contribution in [-0.2, 0) is 22.6 Å². The average molecular weight is 330 g/mol. The van der Waals surface area contributed by atoms with E-state index in [2.05, 4.69) is 13.0 Å². The first-order valence-corrected chi connectivity index (χ1v) is 8.21. The van der Waals surface area contributed by atoms with E-state index < -0.39 is 6.10 Å². The molecule has 0 saturated heterocycles. The fourth-order valence-electron chi connectivity index (χ4n) is 2.97. The quantitative estimate of drug-likeness (QED) is 0.840. The molecule has 2 aromatic carbocycles. The van der Waals surface area contributed by atoms with Crippen LogP contribution in [0.4, 0.5) is 5.69 Å². The van der Waals surface area contributed by atoms with Crippen LogP contribution in [0.3, 0.4) is 0 Å². The topological polar surface area (TPSA) is 29.5 Å². The molecule has 4 heteroatoms. The SMILES string of the molecule is C[C@@H]1Cc2ccccc2N1C(=O)[C@@H](C)OCc1ccc(Cl)cc1. The summed E-state index contributed by atoms with van der Waals surface area (Å²) in [5, 5.41) is 0.695. The van der Waals surface area contributed by atoms with Crippen molar-refractivity contribution in [3.63, 3.8) is 0 Å². The minimum Gasteiger partial charge on any atom is -0.364 e. The predicted molar refractivity (Wildman–Crippen MR) is 92.8 cm³/mol. The number of anilines is 1. The molecule has 23 heavy (non-hydrogen) atoms. The summed E-state index contributed by atoms with van der Waals surface area (Å²) in [4.78, 5) is 14.6. The van der Waals surface area contributed by atoms with Gasteiger partial charge in [0.1, 0.15) is 6.10 Å². The van der Waals surface area contributed by atoms with Crippen LogP contribution in [0.5, 0.6) is 0 Å². The highest BCUT2D eigenvalue weighted by molar-refractivity contribution is 6.30. The van der Waals surface area contributed by atoms with E-state index in [-0.39, 0.29) is 11.9 Å². The van der Waals surface area contributed by atoms with Crippen molar-refractivity contribution >= 4 is 23.2 Å². The molecular formula is C19H20ClNO2. The molecule has 1 amide bonds. The molecule has 2 atom stereocenters. The standard InChI is InChI=1S/C19H20ClNO2/c1-13-11-16-5-3-4-6-18(16)21(13)19(22)14(2)23-12-15-7-9-17(20)10-8-15/h3-10,13-14H,11-12H2,1-2H3/t13-,14-/m1/s1. The minimum atomic E-state index is -0.487. The summed E-state index contributed by atoms with van der Waals surface area (Å²) >= 11 is 5.87. The third-order valence-corrected chi connectivity index (χ3v) is 4.46. The van der Waals surface area contributed by atoms with Crippen LogP contribution in [0, 0.1) is 0 Å². The van der Waals surface area contributed by atoms with Gasteiger partial charge in [-0.15, -0.1) is 0 Å². The highest BCUT2D eigenvalue weighted by Gasteiger charge is 2.33. The normalized spacial score (nSPS) is 17.9. The largest absolute Gasteiger partial charge is 0.364 e. The predicted octanol–water partition coefficient (Wildman–Crippen LogP) is 4.22. The van der Waals surface area contributed by atoms with E-state index in [1.54, 1.807) is 0 Å². The van der Waals surface area contributed by atoms with Gasteiger partial charge in [-0.05, 0) is 49.6 Å². The molecular weight excluding hydrogens is 310 g/mol. The molecule has 0 bridgehead atoms. The van der Waals surface area contributed by atoms with Crippen molar-refractivity contribution in [2.24, 2.45) is 0 Å². The molecule has 0 fully saturated rings. The van der Waals surface area contributed by atoms with E-state index in [1.165, 1.54) is 5.56 Å². The van der Waals surface area contributed by atoms with Crippen molar-refractivity contribution in [3.05, 3.63) is 64.7 Å². The van der Waals surface area contributed by atoms with Crippen molar-refractivity contribution in [2.75, 3.05) is 4.90 Å². The molecule has 0 aliphatic carbocycles. The molecule has 1 aliphatic heterocycles. The molecule has 3 rings (SSSR count). The summed E-state index contributed by atoms with van der Waals surface area (Å²) in [7, 11) is 0. The number of hydrogen-bond acceptors (Lipinski definition) is 2. The van der Waals surface area contributed by atoms with Crippen LogP contribution in [0.2, 0.25) is 5.02 Å². The number of ether oxygens (including phenoxy) is 1. The van der Waals surface area contributed by atoms with E-state index in [0.29, 0.717) is 11.6 Å². The molecule has 0 radical (unpaired) electrons. The van der Waals surface area contributed by atoms with Crippen LogP contribution in [-0.4, -0.2) is 18.1 Å². The fraction of sp³-hybridized carbons (Fsp3) is 0.316. The van der Waals surface area contributed by atoms with Gasteiger partial charge < -0.3 is 9.64 Å². The van der Waals surface area contributed by atoms with E-state index in [9.17, 15) is 4.79 Å². The number of amides is 1. The maximum Gasteiger partial charge on any atom is 0.256 e. The van der Waals surface area contributed by atoms with Crippen LogP contribution in [0.15, 0.2) is 48.5 Å². The van der Waals surface area contributed by atoms with Crippen molar-refractivity contribution < 1.29 is 9.53 Å². The number of carbonyl (C=O) groups excluding carboxylic acids is 1. The molecule has 3 nitrogen and oxygen atoms in total. The third kappa shape index (κ3) is 3.41. The van der Waals surface area contributed by atoms with Gasteiger partial charge in [-0.2, -0.15) is 0 Å². The lowest BCUT2D eigenvalue weighted by atomic mass is 10.1. The van der Waals surface area contributed by atoms with Crippen LogP contribution < -0.4 is 4.90 Å². The smallest absolute Gasteiger partial charge is 0.256 e. The Hall–Kier alpha value is -1.84. The van der Waals surface area contributed by atoms with Crippen LogP contribution >= 0.6 is 11.6 Å². The number of nitrogens with zero attached hydrogens (tertiary/aromatic N) is 1.